The van der Waals surface area contributed by atoms with Crippen molar-refractivity contribution in [1.29, 1.82) is 0 Å². The Morgan fingerprint density at radius 1 is 1.37 bits per heavy atom. The Bertz CT molecular complexity index is 458. The van der Waals surface area contributed by atoms with E-state index in [1.807, 2.05) is 0 Å². The van der Waals surface area contributed by atoms with Crippen LogP contribution in [0.5, 0.6) is 0 Å². The van der Waals surface area contributed by atoms with E-state index in [-0.39, 0.29) is 11.6 Å². The molecule has 2 saturated heterocycles. The third-order valence-electron chi connectivity index (χ3n) is 3.99. The van der Waals surface area contributed by atoms with Crippen LogP contribution in [0.4, 0.5) is 10.7 Å². The summed E-state index contributed by atoms with van der Waals surface area (Å²) in [6, 6.07) is -0.147. The van der Waals surface area contributed by atoms with Gasteiger partial charge in [-0.15, -0.1) is 0 Å². The van der Waals surface area contributed by atoms with Crippen LogP contribution in [0.15, 0.2) is 0 Å². The number of nitrogens with zero attached hydrogens (tertiary/aromatic N) is 5. The molecule has 3 rings (SSSR count). The summed E-state index contributed by atoms with van der Waals surface area (Å²) in [4.78, 5) is 13.9. The number of hydrogen-bond acceptors (Lipinski definition) is 5. The maximum atomic E-state index is 12.1. The Hall–Kier alpha value is -1.70. The third kappa shape index (κ3) is 2.40. The molecule has 104 valence electrons. The van der Waals surface area contributed by atoms with Gasteiger partial charge in [-0.25, -0.2) is 9.48 Å². The van der Waals surface area contributed by atoms with Crippen molar-refractivity contribution in [2.24, 2.45) is 7.05 Å². The molecule has 0 bridgehead atoms. The topological polar surface area (TPSA) is 85.2 Å². The predicted octanol–water partition coefficient (Wildman–Crippen LogP) is 0.387. The molecule has 0 radical (unpaired) electrons. The first-order chi connectivity index (χ1) is 9.19. The van der Waals surface area contributed by atoms with Gasteiger partial charge >= 0.3 is 6.03 Å². The van der Waals surface area contributed by atoms with Crippen molar-refractivity contribution in [1.82, 2.24) is 25.1 Å². The Labute approximate surface area is 111 Å². The van der Waals surface area contributed by atoms with Crippen molar-refractivity contribution in [2.75, 3.05) is 25.0 Å². The van der Waals surface area contributed by atoms with Crippen molar-refractivity contribution in [3.63, 3.8) is 0 Å². The molecule has 0 aromatic carbocycles. The molecule has 8 nitrogen and oxygen atoms in total. The Morgan fingerprint density at radius 2 is 2.16 bits per heavy atom. The van der Waals surface area contributed by atoms with E-state index in [1.165, 1.54) is 4.68 Å². The van der Waals surface area contributed by atoms with E-state index in [0.717, 1.165) is 45.4 Å². The quantitative estimate of drug-likeness (QED) is 0.794. The van der Waals surface area contributed by atoms with Gasteiger partial charge in [0.1, 0.15) is 0 Å². The minimum Gasteiger partial charge on any atom is -0.375 e. The molecule has 8 heteroatoms. The summed E-state index contributed by atoms with van der Waals surface area (Å²) < 4.78 is 7.27. The van der Waals surface area contributed by atoms with Gasteiger partial charge in [0.05, 0.1) is 5.60 Å². The molecule has 2 aliphatic heterocycles. The predicted molar refractivity (Wildman–Crippen MR) is 66.5 cm³/mol. The average molecular weight is 266 g/mol. The Balaban J connectivity index is 1.56. The second-order valence-corrected chi connectivity index (χ2v) is 5.18. The van der Waals surface area contributed by atoms with E-state index in [0.29, 0.717) is 5.95 Å². The summed E-state index contributed by atoms with van der Waals surface area (Å²) in [7, 11) is 1.69. The largest absolute Gasteiger partial charge is 0.375 e. The van der Waals surface area contributed by atoms with Gasteiger partial charge in [0.15, 0.2) is 0 Å². The zero-order valence-corrected chi connectivity index (χ0v) is 11.0. The number of rotatable bonds is 1. The molecular weight excluding hydrogens is 248 g/mol. The first-order valence-electron chi connectivity index (χ1n) is 6.61. The van der Waals surface area contributed by atoms with Gasteiger partial charge in [-0.3, -0.25) is 5.32 Å². The summed E-state index contributed by atoms with van der Waals surface area (Å²) in [5.41, 5.74) is 0.0309. The molecular formula is C11H18N6O2. The third-order valence-corrected chi connectivity index (χ3v) is 3.99. The van der Waals surface area contributed by atoms with Gasteiger partial charge in [-0.1, -0.05) is 5.10 Å². The normalized spacial score (nSPS) is 21.8. The van der Waals surface area contributed by atoms with Gasteiger partial charge in [0, 0.05) is 26.7 Å². The zero-order valence-electron chi connectivity index (χ0n) is 11.0. The number of urea groups is 1. The lowest BCUT2D eigenvalue weighted by Crippen LogP contribution is -2.47. The van der Waals surface area contributed by atoms with Gasteiger partial charge in [0.25, 0.3) is 5.95 Å². The van der Waals surface area contributed by atoms with Gasteiger partial charge < -0.3 is 9.64 Å². The van der Waals surface area contributed by atoms with E-state index >= 15 is 0 Å². The standard InChI is InChI=1S/C11H18N6O2/c1-16-9(13-14-15-16)12-10(18)17-6-4-11(5-7-17)3-2-8-19-11/h2-8H2,1H3,(H,12,13,15,18). The van der Waals surface area contributed by atoms with Crippen LogP contribution in [0.3, 0.4) is 0 Å². The SMILES string of the molecule is Cn1nnnc1NC(=O)N1CCC2(CCCO2)CC1. The van der Waals surface area contributed by atoms with E-state index in [4.69, 9.17) is 4.74 Å². The first-order valence-corrected chi connectivity index (χ1v) is 6.61. The maximum Gasteiger partial charge on any atom is 0.324 e. The number of hydrogen-bond donors (Lipinski definition) is 1. The monoisotopic (exact) mass is 266 g/mol. The lowest BCUT2D eigenvalue weighted by molar-refractivity contribution is -0.0353. The highest BCUT2D eigenvalue weighted by Crippen LogP contribution is 2.35. The van der Waals surface area contributed by atoms with Crippen LogP contribution < -0.4 is 5.32 Å². The lowest BCUT2D eigenvalue weighted by atomic mass is 9.89. The number of amides is 2. The molecule has 0 saturated carbocycles. The molecule has 2 fully saturated rings. The van der Waals surface area contributed by atoms with E-state index in [2.05, 4.69) is 20.8 Å². The second kappa shape index (κ2) is 4.76. The number of ether oxygens (including phenoxy) is 1. The molecule has 2 aliphatic rings. The number of aryl methyl sites for hydroxylation is 1. The number of likely N-dealkylation sites (tertiary alicyclic amines) is 1. The summed E-state index contributed by atoms with van der Waals surface area (Å²) in [5, 5.41) is 13.6. The number of carbonyl (C=O) groups is 1. The maximum absolute atomic E-state index is 12.1. The van der Waals surface area contributed by atoms with Crippen molar-refractivity contribution in [3.05, 3.63) is 0 Å². The van der Waals surface area contributed by atoms with Crippen LogP contribution >= 0.6 is 0 Å². The van der Waals surface area contributed by atoms with Crippen LogP contribution in [0.1, 0.15) is 25.7 Å². The van der Waals surface area contributed by atoms with Crippen molar-refractivity contribution in [3.8, 4) is 0 Å². The highest BCUT2D eigenvalue weighted by molar-refractivity contribution is 5.87. The molecule has 1 aromatic rings. The number of aromatic nitrogens is 4. The van der Waals surface area contributed by atoms with Crippen molar-refractivity contribution >= 4 is 12.0 Å². The van der Waals surface area contributed by atoms with E-state index < -0.39 is 0 Å². The summed E-state index contributed by atoms with van der Waals surface area (Å²) in [6.45, 7) is 2.30. The molecule has 3 heterocycles. The van der Waals surface area contributed by atoms with Gasteiger partial charge in [-0.2, -0.15) is 0 Å². The van der Waals surface area contributed by atoms with Crippen LogP contribution in [-0.4, -0.2) is 56.4 Å². The Kier molecular flexibility index (Phi) is 3.09. The van der Waals surface area contributed by atoms with Crippen LogP contribution in [0, 0.1) is 0 Å². The fourth-order valence-corrected chi connectivity index (χ4v) is 2.78. The minimum atomic E-state index is -0.147. The van der Waals surface area contributed by atoms with Crippen LogP contribution in [-0.2, 0) is 11.8 Å². The van der Waals surface area contributed by atoms with Crippen LogP contribution in [0.2, 0.25) is 0 Å². The first kappa shape index (κ1) is 12.3. The number of anilines is 1. The molecule has 1 spiro atoms. The molecule has 2 amide bonds. The number of tetrazole rings is 1. The number of carbonyl (C=O) groups excluding carboxylic acids is 1. The Morgan fingerprint density at radius 3 is 2.74 bits per heavy atom. The van der Waals surface area contributed by atoms with Gasteiger partial charge in [-0.05, 0) is 36.1 Å². The smallest absolute Gasteiger partial charge is 0.324 e. The molecule has 0 unspecified atom stereocenters. The highest BCUT2D eigenvalue weighted by atomic mass is 16.5. The average Bonchev–Trinajstić information content (AvgIpc) is 3.01. The molecule has 0 atom stereocenters. The molecule has 1 aromatic heterocycles. The second-order valence-electron chi connectivity index (χ2n) is 5.18. The summed E-state index contributed by atoms with van der Waals surface area (Å²) >= 11 is 0. The fraction of sp³-hybridized carbons (Fsp3) is 0.818. The van der Waals surface area contributed by atoms with E-state index in [9.17, 15) is 4.79 Å². The number of piperidine rings is 1. The summed E-state index contributed by atoms with van der Waals surface area (Å²) in [6.07, 6.45) is 4.08. The molecule has 0 aliphatic carbocycles. The zero-order chi connectivity index (χ0) is 13.3. The highest BCUT2D eigenvalue weighted by Gasteiger charge is 2.39. The van der Waals surface area contributed by atoms with Crippen LogP contribution in [0.25, 0.3) is 0 Å². The summed E-state index contributed by atoms with van der Waals surface area (Å²) in [5.74, 6) is 0.363. The molecule has 1 N–H and O–H groups in total. The fourth-order valence-electron chi connectivity index (χ4n) is 2.78. The van der Waals surface area contributed by atoms with Crippen molar-refractivity contribution in [2.45, 2.75) is 31.3 Å². The van der Waals surface area contributed by atoms with Crippen molar-refractivity contribution < 1.29 is 9.53 Å². The van der Waals surface area contributed by atoms with Gasteiger partial charge in [0.2, 0.25) is 0 Å². The minimum absolute atomic E-state index is 0.0309. The lowest BCUT2D eigenvalue weighted by Gasteiger charge is -2.38. The van der Waals surface area contributed by atoms with E-state index in [1.54, 1.807) is 11.9 Å². The molecule has 19 heavy (non-hydrogen) atoms. The number of nitrogens with one attached hydrogen (secondary N) is 1.